The van der Waals surface area contributed by atoms with Gasteiger partial charge in [-0.2, -0.15) is 0 Å². The molecule has 1 aromatic heterocycles. The zero-order chi connectivity index (χ0) is 11.9. The Hall–Kier alpha value is -1.42. The fraction of sp³-hybridized carbons (Fsp3) is 0.538. The summed E-state index contributed by atoms with van der Waals surface area (Å²) in [5.41, 5.74) is 1.09. The lowest BCUT2D eigenvalue weighted by atomic mass is 10.2. The monoisotopic (exact) mass is 233 g/mol. The van der Waals surface area contributed by atoms with E-state index in [-0.39, 0.29) is 5.91 Å². The SMILES string of the molecule is O=C(CCNCCc1ccccn1)NC1CC1. The molecule has 2 rings (SSSR count). The molecule has 0 atom stereocenters. The predicted octanol–water partition coefficient (Wildman–Crippen LogP) is 0.882. The number of nitrogens with zero attached hydrogens (tertiary/aromatic N) is 1. The average molecular weight is 233 g/mol. The zero-order valence-corrected chi connectivity index (χ0v) is 9.98. The van der Waals surface area contributed by atoms with Crippen LogP contribution in [0.3, 0.4) is 0 Å². The second-order valence-electron chi connectivity index (χ2n) is 4.41. The van der Waals surface area contributed by atoms with Gasteiger partial charge in [0.1, 0.15) is 0 Å². The number of hydrogen-bond acceptors (Lipinski definition) is 3. The molecule has 2 N–H and O–H groups in total. The van der Waals surface area contributed by atoms with Gasteiger partial charge in [-0.3, -0.25) is 9.78 Å². The first-order valence-electron chi connectivity index (χ1n) is 6.24. The average Bonchev–Trinajstić information content (AvgIpc) is 3.14. The molecule has 0 unspecified atom stereocenters. The molecular formula is C13H19N3O. The number of carbonyl (C=O) groups is 1. The third kappa shape index (κ3) is 4.95. The van der Waals surface area contributed by atoms with Crippen molar-refractivity contribution in [3.8, 4) is 0 Å². The molecule has 1 amide bonds. The van der Waals surface area contributed by atoms with Gasteiger partial charge < -0.3 is 10.6 Å². The topological polar surface area (TPSA) is 54.0 Å². The largest absolute Gasteiger partial charge is 0.353 e. The third-order valence-electron chi connectivity index (χ3n) is 2.76. The van der Waals surface area contributed by atoms with Crippen LogP contribution in [0, 0.1) is 0 Å². The smallest absolute Gasteiger partial charge is 0.221 e. The maximum absolute atomic E-state index is 11.4. The number of pyridine rings is 1. The molecule has 0 saturated heterocycles. The highest BCUT2D eigenvalue weighted by atomic mass is 16.1. The maximum atomic E-state index is 11.4. The highest BCUT2D eigenvalue weighted by Gasteiger charge is 2.22. The molecule has 17 heavy (non-hydrogen) atoms. The highest BCUT2D eigenvalue weighted by molar-refractivity contribution is 5.76. The second kappa shape index (κ2) is 6.35. The van der Waals surface area contributed by atoms with Crippen LogP contribution in [0.4, 0.5) is 0 Å². The van der Waals surface area contributed by atoms with E-state index < -0.39 is 0 Å². The van der Waals surface area contributed by atoms with Gasteiger partial charge in [0.25, 0.3) is 0 Å². The number of rotatable bonds is 7. The number of hydrogen-bond donors (Lipinski definition) is 2. The fourth-order valence-electron chi connectivity index (χ4n) is 1.62. The lowest BCUT2D eigenvalue weighted by Crippen LogP contribution is -2.29. The minimum atomic E-state index is 0.165. The summed E-state index contributed by atoms with van der Waals surface area (Å²) in [4.78, 5) is 15.6. The van der Waals surface area contributed by atoms with Crippen LogP contribution < -0.4 is 10.6 Å². The van der Waals surface area contributed by atoms with Crippen LogP contribution in [0.1, 0.15) is 25.0 Å². The van der Waals surface area contributed by atoms with Gasteiger partial charge in [-0.25, -0.2) is 0 Å². The van der Waals surface area contributed by atoms with Crippen LogP contribution >= 0.6 is 0 Å². The van der Waals surface area contributed by atoms with Crippen molar-refractivity contribution in [1.29, 1.82) is 0 Å². The molecule has 1 heterocycles. The highest BCUT2D eigenvalue weighted by Crippen LogP contribution is 2.18. The summed E-state index contributed by atoms with van der Waals surface area (Å²) in [6, 6.07) is 6.39. The molecule has 0 aliphatic heterocycles. The molecule has 4 nitrogen and oxygen atoms in total. The fourth-order valence-corrected chi connectivity index (χ4v) is 1.62. The standard InChI is InChI=1S/C13H19N3O/c17-13(16-12-4-5-12)7-10-14-9-6-11-3-1-2-8-15-11/h1-3,8,12,14H,4-7,9-10H2,(H,16,17). The molecule has 92 valence electrons. The number of nitrogens with one attached hydrogen (secondary N) is 2. The van der Waals surface area contributed by atoms with Crippen molar-refractivity contribution in [2.75, 3.05) is 13.1 Å². The van der Waals surface area contributed by atoms with E-state index in [9.17, 15) is 4.79 Å². The first-order chi connectivity index (χ1) is 8.34. The zero-order valence-electron chi connectivity index (χ0n) is 9.98. The Morgan fingerprint density at radius 1 is 1.35 bits per heavy atom. The Bertz CT molecular complexity index is 349. The molecule has 0 radical (unpaired) electrons. The molecule has 1 aliphatic rings. The molecule has 0 spiro atoms. The molecule has 1 aromatic rings. The molecule has 0 aromatic carbocycles. The molecule has 0 bridgehead atoms. The minimum absolute atomic E-state index is 0.165. The van der Waals surface area contributed by atoms with Gasteiger partial charge in [-0.15, -0.1) is 0 Å². The van der Waals surface area contributed by atoms with E-state index in [4.69, 9.17) is 0 Å². The van der Waals surface area contributed by atoms with Gasteiger partial charge in [-0.05, 0) is 25.0 Å². The second-order valence-corrected chi connectivity index (χ2v) is 4.41. The Labute approximate surface area is 102 Å². The number of amides is 1. The molecule has 1 aliphatic carbocycles. The Morgan fingerprint density at radius 2 is 2.24 bits per heavy atom. The first kappa shape index (κ1) is 12.0. The summed E-state index contributed by atoms with van der Waals surface area (Å²) in [5, 5.41) is 6.23. The van der Waals surface area contributed by atoms with E-state index in [0.717, 1.165) is 38.0 Å². The van der Waals surface area contributed by atoms with Crippen molar-refractivity contribution in [1.82, 2.24) is 15.6 Å². The van der Waals surface area contributed by atoms with E-state index in [2.05, 4.69) is 15.6 Å². The van der Waals surface area contributed by atoms with E-state index in [1.54, 1.807) is 6.20 Å². The summed E-state index contributed by atoms with van der Waals surface area (Å²) >= 11 is 0. The van der Waals surface area contributed by atoms with Gasteiger partial charge in [0.05, 0.1) is 0 Å². The Balaban J connectivity index is 1.50. The number of aromatic nitrogens is 1. The van der Waals surface area contributed by atoms with Crippen molar-refractivity contribution in [2.24, 2.45) is 0 Å². The van der Waals surface area contributed by atoms with E-state index in [1.165, 1.54) is 0 Å². The van der Waals surface area contributed by atoms with Gasteiger partial charge in [0, 0.05) is 43.9 Å². The quantitative estimate of drug-likeness (QED) is 0.687. The molecule has 1 saturated carbocycles. The van der Waals surface area contributed by atoms with Crippen molar-refractivity contribution >= 4 is 5.91 Å². The van der Waals surface area contributed by atoms with Gasteiger partial charge in [0.2, 0.25) is 5.91 Å². The molecule has 1 fully saturated rings. The normalized spacial score (nSPS) is 14.6. The summed E-state index contributed by atoms with van der Waals surface area (Å²) in [6.07, 6.45) is 5.58. The van der Waals surface area contributed by atoms with Crippen molar-refractivity contribution in [3.05, 3.63) is 30.1 Å². The van der Waals surface area contributed by atoms with E-state index in [1.807, 2.05) is 18.2 Å². The Morgan fingerprint density at radius 3 is 2.94 bits per heavy atom. The summed E-state index contributed by atoms with van der Waals surface area (Å²) < 4.78 is 0. The van der Waals surface area contributed by atoms with Crippen molar-refractivity contribution in [3.63, 3.8) is 0 Å². The van der Waals surface area contributed by atoms with Crippen molar-refractivity contribution in [2.45, 2.75) is 31.7 Å². The van der Waals surface area contributed by atoms with Gasteiger partial charge in [0.15, 0.2) is 0 Å². The van der Waals surface area contributed by atoms with Crippen LogP contribution in [0.15, 0.2) is 24.4 Å². The van der Waals surface area contributed by atoms with Gasteiger partial charge in [-0.1, -0.05) is 6.07 Å². The van der Waals surface area contributed by atoms with Crippen LogP contribution in [-0.2, 0) is 11.2 Å². The first-order valence-corrected chi connectivity index (χ1v) is 6.24. The Kier molecular flexibility index (Phi) is 4.50. The van der Waals surface area contributed by atoms with E-state index >= 15 is 0 Å². The summed E-state index contributed by atoms with van der Waals surface area (Å²) in [7, 11) is 0. The maximum Gasteiger partial charge on any atom is 0.221 e. The van der Waals surface area contributed by atoms with E-state index in [0.29, 0.717) is 12.5 Å². The molecular weight excluding hydrogens is 214 g/mol. The number of carbonyl (C=O) groups excluding carboxylic acids is 1. The van der Waals surface area contributed by atoms with Crippen LogP contribution in [0.5, 0.6) is 0 Å². The minimum Gasteiger partial charge on any atom is -0.353 e. The predicted molar refractivity (Wildman–Crippen MR) is 66.6 cm³/mol. The van der Waals surface area contributed by atoms with Gasteiger partial charge >= 0.3 is 0 Å². The molecule has 4 heteroatoms. The third-order valence-corrected chi connectivity index (χ3v) is 2.76. The summed E-state index contributed by atoms with van der Waals surface area (Å²) in [5.74, 6) is 0.165. The summed E-state index contributed by atoms with van der Waals surface area (Å²) in [6.45, 7) is 1.61. The van der Waals surface area contributed by atoms with Crippen molar-refractivity contribution < 1.29 is 4.79 Å². The van der Waals surface area contributed by atoms with Crippen LogP contribution in [0.25, 0.3) is 0 Å². The lowest BCUT2D eigenvalue weighted by Gasteiger charge is -2.05. The van der Waals surface area contributed by atoms with Crippen LogP contribution in [-0.4, -0.2) is 30.0 Å². The lowest BCUT2D eigenvalue weighted by molar-refractivity contribution is -0.121. The van der Waals surface area contributed by atoms with Crippen LogP contribution in [0.2, 0.25) is 0 Å².